The summed E-state index contributed by atoms with van der Waals surface area (Å²) >= 11 is 2.30. The molecule has 0 saturated heterocycles. The van der Waals surface area contributed by atoms with Gasteiger partial charge in [-0.25, -0.2) is 0 Å². The molecule has 0 atom stereocenters. The lowest BCUT2D eigenvalue weighted by atomic mass is 10.1. The predicted molar refractivity (Wildman–Crippen MR) is 63.5 cm³/mol. The molecule has 0 amide bonds. The van der Waals surface area contributed by atoms with E-state index in [9.17, 15) is 8.42 Å². The number of aryl methyl sites for hydroxylation is 1. The van der Waals surface area contributed by atoms with Crippen LogP contribution in [0.5, 0.6) is 0 Å². The molecule has 0 radical (unpaired) electrons. The van der Waals surface area contributed by atoms with Crippen molar-refractivity contribution in [3.63, 3.8) is 0 Å². The van der Waals surface area contributed by atoms with Crippen LogP contribution in [-0.4, -0.2) is 17.4 Å². The van der Waals surface area contributed by atoms with Crippen LogP contribution in [0.15, 0.2) is 29.2 Å². The second-order valence-electron chi connectivity index (χ2n) is 2.91. The van der Waals surface area contributed by atoms with Gasteiger partial charge in [0.05, 0.1) is 4.90 Å². The molecule has 14 heavy (non-hydrogen) atoms. The van der Waals surface area contributed by atoms with Crippen LogP contribution < -0.4 is 0 Å². The van der Waals surface area contributed by atoms with Crippen LogP contribution in [0.25, 0.3) is 0 Å². The molecule has 1 rings (SSSR count). The van der Waals surface area contributed by atoms with Gasteiger partial charge in [-0.2, -0.15) is 8.42 Å². The largest absolute Gasteiger partial charge is 0.294 e. The summed E-state index contributed by atoms with van der Waals surface area (Å²) in [5.41, 5.74) is 1.09. The Morgan fingerprint density at radius 2 is 1.79 bits per heavy atom. The molecule has 0 fully saturated rings. The van der Waals surface area contributed by atoms with E-state index in [1.54, 1.807) is 12.1 Å². The van der Waals surface area contributed by atoms with Crippen molar-refractivity contribution in [2.75, 3.05) is 4.43 Å². The molecule has 0 aromatic heterocycles. The van der Waals surface area contributed by atoms with Crippen molar-refractivity contribution in [1.29, 1.82) is 0 Å². The summed E-state index contributed by atoms with van der Waals surface area (Å²) in [5, 5.41) is 0. The maximum Gasteiger partial charge on any atom is 0.294 e. The Kier molecular flexibility index (Phi) is 4.33. The lowest BCUT2D eigenvalue weighted by Crippen LogP contribution is -1.97. The number of halogens is 1. The molecule has 1 aromatic carbocycles. The van der Waals surface area contributed by atoms with E-state index >= 15 is 0 Å². The molecule has 0 aliphatic carbocycles. The van der Waals surface area contributed by atoms with E-state index in [2.05, 4.69) is 22.6 Å². The van der Waals surface area contributed by atoms with Crippen molar-refractivity contribution in [3.05, 3.63) is 29.8 Å². The molecule has 5 heteroatoms. The molecule has 0 unspecified atom stereocenters. The van der Waals surface area contributed by atoms with Crippen LogP contribution in [0.3, 0.4) is 0 Å². The Morgan fingerprint density at radius 1 is 1.21 bits per heavy atom. The van der Waals surface area contributed by atoms with E-state index in [0.717, 1.165) is 22.8 Å². The van der Waals surface area contributed by atoms with Crippen LogP contribution in [0.1, 0.15) is 12.0 Å². The standard InChI is InChI=1S/C9H11IO3S/c10-7-1-2-8-3-5-9(6-4-8)14(11,12)13/h3-6H,1-2,7H2,(H,11,12,13). The van der Waals surface area contributed by atoms with Gasteiger partial charge < -0.3 is 0 Å². The van der Waals surface area contributed by atoms with E-state index in [1.807, 2.05) is 0 Å². The van der Waals surface area contributed by atoms with Crippen molar-refractivity contribution >= 4 is 32.7 Å². The molecular weight excluding hydrogens is 315 g/mol. The highest BCUT2D eigenvalue weighted by atomic mass is 127. The summed E-state index contributed by atoms with van der Waals surface area (Å²) in [7, 11) is -4.04. The second kappa shape index (κ2) is 5.09. The van der Waals surface area contributed by atoms with Gasteiger partial charge in [-0.15, -0.1) is 0 Å². The molecule has 0 spiro atoms. The maximum atomic E-state index is 10.7. The van der Waals surface area contributed by atoms with Gasteiger partial charge >= 0.3 is 0 Å². The summed E-state index contributed by atoms with van der Waals surface area (Å²) in [6.45, 7) is 0. The van der Waals surface area contributed by atoms with Crippen molar-refractivity contribution in [2.24, 2.45) is 0 Å². The minimum absolute atomic E-state index is 0.0456. The minimum Gasteiger partial charge on any atom is -0.282 e. The lowest BCUT2D eigenvalue weighted by molar-refractivity contribution is 0.483. The first kappa shape index (κ1) is 11.9. The van der Waals surface area contributed by atoms with Crippen molar-refractivity contribution in [3.8, 4) is 0 Å². The molecule has 78 valence electrons. The van der Waals surface area contributed by atoms with E-state index in [0.29, 0.717) is 0 Å². The maximum absolute atomic E-state index is 10.7. The van der Waals surface area contributed by atoms with Crippen LogP contribution in [0.4, 0.5) is 0 Å². The monoisotopic (exact) mass is 326 g/mol. The number of benzene rings is 1. The molecule has 1 N–H and O–H groups in total. The van der Waals surface area contributed by atoms with E-state index in [-0.39, 0.29) is 4.90 Å². The molecule has 1 aromatic rings. The zero-order valence-corrected chi connectivity index (χ0v) is 10.5. The topological polar surface area (TPSA) is 54.4 Å². The number of hydrogen-bond donors (Lipinski definition) is 1. The normalized spacial score (nSPS) is 11.6. The van der Waals surface area contributed by atoms with Gasteiger partial charge in [0, 0.05) is 0 Å². The van der Waals surface area contributed by atoms with Gasteiger partial charge in [-0.1, -0.05) is 34.7 Å². The zero-order valence-electron chi connectivity index (χ0n) is 7.48. The molecule has 0 bridgehead atoms. The first-order valence-electron chi connectivity index (χ1n) is 4.16. The third kappa shape index (κ3) is 3.55. The molecule has 0 aliphatic heterocycles. The minimum atomic E-state index is -4.04. The summed E-state index contributed by atoms with van der Waals surface area (Å²) < 4.78 is 31.2. The Labute approximate surface area is 97.4 Å². The van der Waals surface area contributed by atoms with Gasteiger partial charge in [-0.3, -0.25) is 4.55 Å². The van der Waals surface area contributed by atoms with E-state index in [1.165, 1.54) is 12.1 Å². The van der Waals surface area contributed by atoms with Crippen LogP contribution >= 0.6 is 22.6 Å². The van der Waals surface area contributed by atoms with Crippen molar-refractivity contribution in [2.45, 2.75) is 17.7 Å². The first-order chi connectivity index (χ1) is 6.54. The predicted octanol–water partition coefficient (Wildman–Crippen LogP) is 2.30. The Hall–Kier alpha value is -0.140. The summed E-state index contributed by atoms with van der Waals surface area (Å²) in [4.78, 5) is -0.0456. The summed E-state index contributed by atoms with van der Waals surface area (Å²) in [6, 6.07) is 6.32. The van der Waals surface area contributed by atoms with Crippen molar-refractivity contribution < 1.29 is 13.0 Å². The SMILES string of the molecule is O=S(=O)(O)c1ccc(CCCI)cc1. The fourth-order valence-electron chi connectivity index (χ4n) is 1.10. The van der Waals surface area contributed by atoms with Gasteiger partial charge in [0.1, 0.15) is 0 Å². The van der Waals surface area contributed by atoms with Gasteiger partial charge in [-0.05, 0) is 35.0 Å². The highest BCUT2D eigenvalue weighted by Gasteiger charge is 2.07. The van der Waals surface area contributed by atoms with Gasteiger partial charge in [0.2, 0.25) is 0 Å². The van der Waals surface area contributed by atoms with Crippen LogP contribution in [0, 0.1) is 0 Å². The quantitative estimate of drug-likeness (QED) is 0.525. The highest BCUT2D eigenvalue weighted by molar-refractivity contribution is 14.1. The highest BCUT2D eigenvalue weighted by Crippen LogP contribution is 2.11. The van der Waals surface area contributed by atoms with Crippen LogP contribution in [0.2, 0.25) is 0 Å². The fraction of sp³-hybridized carbons (Fsp3) is 0.333. The molecule has 0 saturated carbocycles. The van der Waals surface area contributed by atoms with Gasteiger partial charge in [0.15, 0.2) is 0 Å². The fourth-order valence-corrected chi connectivity index (χ4v) is 1.96. The zero-order chi connectivity index (χ0) is 10.6. The molecule has 3 nitrogen and oxygen atoms in total. The number of rotatable bonds is 4. The second-order valence-corrected chi connectivity index (χ2v) is 5.41. The smallest absolute Gasteiger partial charge is 0.282 e. The first-order valence-corrected chi connectivity index (χ1v) is 7.13. The number of hydrogen-bond acceptors (Lipinski definition) is 2. The Bertz CT molecular complexity index is 383. The van der Waals surface area contributed by atoms with Gasteiger partial charge in [0.25, 0.3) is 10.1 Å². The Morgan fingerprint density at radius 3 is 2.21 bits per heavy atom. The van der Waals surface area contributed by atoms with Crippen LogP contribution in [-0.2, 0) is 16.5 Å². The number of alkyl halides is 1. The molecule has 0 heterocycles. The summed E-state index contributed by atoms with van der Waals surface area (Å²) in [5.74, 6) is 0. The van der Waals surface area contributed by atoms with E-state index in [4.69, 9.17) is 4.55 Å². The van der Waals surface area contributed by atoms with Crippen molar-refractivity contribution in [1.82, 2.24) is 0 Å². The van der Waals surface area contributed by atoms with E-state index < -0.39 is 10.1 Å². The third-order valence-corrected chi connectivity index (χ3v) is 3.45. The summed E-state index contributed by atoms with van der Waals surface area (Å²) in [6.07, 6.45) is 2.01. The average Bonchev–Trinajstić information content (AvgIpc) is 2.14. The Balaban J connectivity index is 2.79. The molecule has 0 aliphatic rings. The average molecular weight is 326 g/mol. The molecular formula is C9H11IO3S. The lowest BCUT2D eigenvalue weighted by Gasteiger charge is -2.00. The third-order valence-electron chi connectivity index (χ3n) is 1.82.